The summed E-state index contributed by atoms with van der Waals surface area (Å²) >= 11 is 0. The molecule has 1 heterocycles. The van der Waals surface area contributed by atoms with E-state index in [0.717, 1.165) is 6.07 Å². The minimum atomic E-state index is -1.35. The Morgan fingerprint density at radius 3 is 2.46 bits per heavy atom. The number of hydrogen-bond acceptors (Lipinski definition) is 9. The second-order valence-corrected chi connectivity index (χ2v) is 7.54. The number of aromatic nitrogens is 2. The number of carbonyl (C=O) groups is 1. The van der Waals surface area contributed by atoms with Gasteiger partial charge in [-0.25, -0.2) is 13.6 Å². The predicted octanol–water partition coefficient (Wildman–Crippen LogP) is 2.55. The molecule has 0 aliphatic carbocycles. The number of aromatic amines is 1. The number of nitrogen functional groups attached to an aromatic ring is 2. The topological polar surface area (TPSA) is 170 Å². The van der Waals surface area contributed by atoms with Crippen molar-refractivity contribution in [3.05, 3.63) is 85.2 Å². The highest BCUT2D eigenvalue weighted by atomic mass is 19.2. The largest absolute Gasteiger partial charge is 0.465 e. The van der Waals surface area contributed by atoms with Gasteiger partial charge in [-0.1, -0.05) is 12.1 Å². The third-order valence-electron chi connectivity index (χ3n) is 5.22. The molecule has 11 nitrogen and oxygen atoms in total. The van der Waals surface area contributed by atoms with Crippen LogP contribution in [0, 0.1) is 21.7 Å². The molecule has 0 amide bonds. The second kappa shape index (κ2) is 10.6. The monoisotopic (exact) mass is 488 g/mol. The maximum absolute atomic E-state index is 14.1. The van der Waals surface area contributed by atoms with Crippen LogP contribution in [0.5, 0.6) is 0 Å². The molecule has 0 bridgehead atoms. The first kappa shape index (κ1) is 25.1. The molecular formula is C22H22F2N6O5. The van der Waals surface area contributed by atoms with Crippen molar-refractivity contribution < 1.29 is 23.2 Å². The Labute approximate surface area is 197 Å². The maximum Gasteiger partial charge on any atom is 0.337 e. The van der Waals surface area contributed by atoms with Gasteiger partial charge in [0.25, 0.3) is 11.2 Å². The Bertz CT molecular complexity index is 1310. The number of methoxy groups -OCH3 is 1. The molecule has 0 spiro atoms. The maximum atomic E-state index is 14.1. The summed E-state index contributed by atoms with van der Waals surface area (Å²) in [5.74, 6) is -3.32. The average Bonchev–Trinajstić information content (AvgIpc) is 2.81. The Hall–Kier alpha value is -4.55. The normalized spacial score (nSPS) is 10.7. The van der Waals surface area contributed by atoms with Gasteiger partial charge in [0.15, 0.2) is 11.6 Å². The van der Waals surface area contributed by atoms with Gasteiger partial charge in [-0.15, -0.1) is 0 Å². The number of nitrogens with zero attached hydrogens (tertiary/aromatic N) is 3. The lowest BCUT2D eigenvalue weighted by Gasteiger charge is -2.25. The van der Waals surface area contributed by atoms with Crippen molar-refractivity contribution in [2.24, 2.45) is 0 Å². The van der Waals surface area contributed by atoms with Crippen LogP contribution in [0.15, 0.2) is 41.2 Å². The molecule has 0 aliphatic rings. The van der Waals surface area contributed by atoms with Crippen molar-refractivity contribution >= 4 is 29.1 Å². The molecular weight excluding hydrogens is 466 g/mol. The van der Waals surface area contributed by atoms with Crippen LogP contribution in [0.2, 0.25) is 0 Å². The van der Waals surface area contributed by atoms with Gasteiger partial charge in [-0.05, 0) is 30.5 Å². The second-order valence-electron chi connectivity index (χ2n) is 7.54. The van der Waals surface area contributed by atoms with Crippen LogP contribution < -0.4 is 21.9 Å². The zero-order valence-electron chi connectivity index (χ0n) is 18.6. The fraction of sp³-hybridized carbons (Fsp3) is 0.227. The number of H-pyrrole nitrogens is 1. The minimum absolute atomic E-state index is 0.0463. The number of benzene rings is 2. The SMILES string of the molecule is COC(=O)c1ccc(CN(CCCc2c(N)nc(N)[nH]c2=O)c2cc(F)c(F)cc2[N+](=O)[O-])cc1. The molecule has 3 aromatic rings. The number of rotatable bonds is 9. The van der Waals surface area contributed by atoms with E-state index < -0.39 is 33.8 Å². The molecule has 35 heavy (non-hydrogen) atoms. The quantitative estimate of drug-likeness (QED) is 0.233. The molecule has 184 valence electrons. The molecule has 1 aromatic heterocycles. The number of ether oxygens (including phenoxy) is 1. The van der Waals surface area contributed by atoms with Gasteiger partial charge >= 0.3 is 5.97 Å². The molecule has 0 atom stereocenters. The summed E-state index contributed by atoms with van der Waals surface area (Å²) in [7, 11) is 1.24. The number of nitro benzene ring substituents is 1. The van der Waals surface area contributed by atoms with Crippen LogP contribution in [0.3, 0.4) is 0 Å². The minimum Gasteiger partial charge on any atom is -0.465 e. The number of nitro groups is 1. The zero-order valence-corrected chi connectivity index (χ0v) is 18.6. The lowest BCUT2D eigenvalue weighted by molar-refractivity contribution is -0.384. The van der Waals surface area contributed by atoms with Crippen LogP contribution in [-0.2, 0) is 17.7 Å². The lowest BCUT2D eigenvalue weighted by atomic mass is 10.1. The van der Waals surface area contributed by atoms with E-state index in [2.05, 4.69) is 14.7 Å². The van der Waals surface area contributed by atoms with Crippen LogP contribution in [0.1, 0.15) is 27.9 Å². The van der Waals surface area contributed by atoms with E-state index >= 15 is 0 Å². The van der Waals surface area contributed by atoms with E-state index in [9.17, 15) is 28.5 Å². The molecule has 13 heteroatoms. The third kappa shape index (κ3) is 5.88. The zero-order chi connectivity index (χ0) is 25.7. The van der Waals surface area contributed by atoms with Crippen molar-refractivity contribution in [1.82, 2.24) is 9.97 Å². The van der Waals surface area contributed by atoms with Crippen LogP contribution in [0.4, 0.5) is 31.9 Å². The number of esters is 1. The number of nitrogens with two attached hydrogens (primary N) is 2. The highest BCUT2D eigenvalue weighted by Crippen LogP contribution is 2.32. The fourth-order valence-electron chi connectivity index (χ4n) is 3.52. The number of halogens is 2. The van der Waals surface area contributed by atoms with Gasteiger partial charge in [0.2, 0.25) is 5.95 Å². The van der Waals surface area contributed by atoms with Crippen LogP contribution in [0.25, 0.3) is 0 Å². The Kier molecular flexibility index (Phi) is 7.59. The molecule has 0 aliphatic heterocycles. The van der Waals surface area contributed by atoms with E-state index in [1.807, 2.05) is 0 Å². The first-order valence-corrected chi connectivity index (χ1v) is 10.3. The Morgan fingerprint density at radius 2 is 1.86 bits per heavy atom. The van der Waals surface area contributed by atoms with Gasteiger partial charge in [0.05, 0.1) is 29.2 Å². The predicted molar refractivity (Wildman–Crippen MR) is 124 cm³/mol. The molecule has 0 fully saturated rings. The molecule has 0 unspecified atom stereocenters. The Balaban J connectivity index is 1.92. The van der Waals surface area contributed by atoms with Crippen molar-refractivity contribution in [3.63, 3.8) is 0 Å². The van der Waals surface area contributed by atoms with Gasteiger partial charge in [-0.2, -0.15) is 4.98 Å². The van der Waals surface area contributed by atoms with Crippen LogP contribution in [-0.4, -0.2) is 34.5 Å². The van der Waals surface area contributed by atoms with E-state index in [-0.39, 0.29) is 48.9 Å². The summed E-state index contributed by atoms with van der Waals surface area (Å²) in [5.41, 5.74) is 11.1. The molecule has 5 N–H and O–H groups in total. The number of nitrogens with one attached hydrogen (secondary N) is 1. The smallest absolute Gasteiger partial charge is 0.337 e. The number of hydrogen-bond donors (Lipinski definition) is 3. The molecule has 3 rings (SSSR count). The summed E-state index contributed by atoms with van der Waals surface area (Å²) < 4.78 is 32.5. The highest BCUT2D eigenvalue weighted by molar-refractivity contribution is 5.89. The van der Waals surface area contributed by atoms with Crippen molar-refractivity contribution in [2.75, 3.05) is 30.0 Å². The van der Waals surface area contributed by atoms with E-state index in [1.54, 1.807) is 12.1 Å². The summed E-state index contributed by atoms with van der Waals surface area (Å²) in [6.45, 7) is 0.160. The lowest BCUT2D eigenvalue weighted by Crippen LogP contribution is -2.27. The molecule has 0 radical (unpaired) electrons. The van der Waals surface area contributed by atoms with Crippen molar-refractivity contribution in [2.45, 2.75) is 19.4 Å². The highest BCUT2D eigenvalue weighted by Gasteiger charge is 2.24. The van der Waals surface area contributed by atoms with Gasteiger partial charge in [-0.3, -0.25) is 19.9 Å². The van der Waals surface area contributed by atoms with Gasteiger partial charge < -0.3 is 21.1 Å². The molecule has 2 aromatic carbocycles. The van der Waals surface area contributed by atoms with Crippen LogP contribution >= 0.6 is 0 Å². The summed E-state index contributed by atoms with van der Waals surface area (Å²) in [6, 6.07) is 7.51. The first-order valence-electron chi connectivity index (χ1n) is 10.3. The van der Waals surface area contributed by atoms with Crippen molar-refractivity contribution in [3.8, 4) is 0 Å². The van der Waals surface area contributed by atoms with Crippen molar-refractivity contribution in [1.29, 1.82) is 0 Å². The summed E-state index contributed by atoms with van der Waals surface area (Å²) in [5, 5.41) is 11.6. The average molecular weight is 488 g/mol. The standard InChI is InChI=1S/C22H22F2N6O5/c1-35-21(32)13-6-4-12(5-7-13)11-29(17-9-15(23)16(24)10-18(17)30(33)34)8-2-3-14-19(25)27-22(26)28-20(14)31/h4-7,9-10H,2-3,8,11H2,1H3,(H5,25,26,27,28,31). The van der Waals surface area contributed by atoms with E-state index in [4.69, 9.17) is 11.5 Å². The molecule has 0 saturated carbocycles. The van der Waals surface area contributed by atoms with E-state index in [1.165, 1.54) is 24.1 Å². The van der Waals surface area contributed by atoms with Gasteiger partial charge in [0.1, 0.15) is 11.5 Å². The number of anilines is 3. The van der Waals surface area contributed by atoms with Gasteiger partial charge in [0, 0.05) is 19.2 Å². The number of carbonyl (C=O) groups excluding carboxylic acids is 1. The summed E-state index contributed by atoms with van der Waals surface area (Å²) in [6.07, 6.45) is 0.402. The third-order valence-corrected chi connectivity index (χ3v) is 5.22. The summed E-state index contributed by atoms with van der Waals surface area (Å²) in [4.78, 5) is 42.2. The fourth-order valence-corrected chi connectivity index (χ4v) is 3.52. The Morgan fingerprint density at radius 1 is 1.20 bits per heavy atom. The molecule has 0 saturated heterocycles. The van der Waals surface area contributed by atoms with E-state index in [0.29, 0.717) is 17.2 Å². The first-order chi connectivity index (χ1) is 16.6.